The number of aromatic nitrogens is 2. The minimum Gasteiger partial charge on any atom is -0.306 e. The number of rotatable bonds is 5. The van der Waals surface area contributed by atoms with E-state index in [4.69, 9.17) is 0 Å². The molecule has 0 radical (unpaired) electrons. The van der Waals surface area contributed by atoms with Gasteiger partial charge in [-0.3, -0.25) is 9.47 Å². The van der Waals surface area contributed by atoms with E-state index in [1.807, 2.05) is 40.6 Å². The fourth-order valence-electron chi connectivity index (χ4n) is 5.69. The van der Waals surface area contributed by atoms with Crippen LogP contribution in [-0.4, -0.2) is 52.1 Å². The lowest BCUT2D eigenvalue weighted by molar-refractivity contribution is 0.107. The van der Waals surface area contributed by atoms with Crippen molar-refractivity contribution in [2.24, 2.45) is 0 Å². The van der Waals surface area contributed by atoms with Gasteiger partial charge in [0.25, 0.3) is 0 Å². The Morgan fingerprint density at radius 2 is 1.71 bits per heavy atom. The van der Waals surface area contributed by atoms with Gasteiger partial charge >= 0.3 is 5.69 Å². The van der Waals surface area contributed by atoms with Gasteiger partial charge in [-0.05, 0) is 54.8 Å². The van der Waals surface area contributed by atoms with Crippen LogP contribution in [-0.2, 0) is 12.3 Å². The molecule has 1 saturated heterocycles. The van der Waals surface area contributed by atoms with Crippen LogP contribution in [0.3, 0.4) is 0 Å². The molecule has 2 aliphatic heterocycles. The van der Waals surface area contributed by atoms with Crippen LogP contribution in [0.4, 0.5) is 0 Å². The third-order valence-corrected chi connectivity index (χ3v) is 8.64. The van der Waals surface area contributed by atoms with E-state index in [-0.39, 0.29) is 5.69 Å². The monoisotopic (exact) mass is 484 g/mol. The molecular formula is C29H32N4OS. The Labute approximate surface area is 210 Å². The van der Waals surface area contributed by atoms with Gasteiger partial charge in [0.15, 0.2) is 0 Å². The molecule has 180 valence electrons. The molecule has 0 spiro atoms. The summed E-state index contributed by atoms with van der Waals surface area (Å²) in [5.74, 6) is 1.04. The largest absolute Gasteiger partial charge is 0.326 e. The van der Waals surface area contributed by atoms with Gasteiger partial charge in [0.05, 0.1) is 17.1 Å². The van der Waals surface area contributed by atoms with Crippen LogP contribution in [0.25, 0.3) is 11.0 Å². The number of hydrogen-bond donors (Lipinski definition) is 1. The van der Waals surface area contributed by atoms with Crippen LogP contribution in [0.2, 0.25) is 0 Å². The van der Waals surface area contributed by atoms with Crippen molar-refractivity contribution in [3.63, 3.8) is 0 Å². The lowest BCUT2D eigenvalue weighted by atomic mass is 9.92. The minimum atomic E-state index is -0.00474. The Morgan fingerprint density at radius 3 is 2.60 bits per heavy atom. The summed E-state index contributed by atoms with van der Waals surface area (Å²) in [5, 5.41) is 0. The quantitative estimate of drug-likeness (QED) is 0.431. The molecule has 2 aliphatic rings. The van der Waals surface area contributed by atoms with Gasteiger partial charge in [-0.15, -0.1) is 11.8 Å². The number of H-pyrrole nitrogens is 1. The molecule has 35 heavy (non-hydrogen) atoms. The second-order valence-electron chi connectivity index (χ2n) is 9.76. The molecular weight excluding hydrogens is 452 g/mol. The summed E-state index contributed by atoms with van der Waals surface area (Å²) in [5.41, 5.74) is 7.64. The SMILES string of the molecule is Cc1ccc2c(c1)[C@@H](N1CCN(CCCn3c(=O)[nH]c4ccccc43)CC1)c1ccccc1CS2. The molecule has 1 aromatic heterocycles. The Kier molecular flexibility index (Phi) is 6.27. The second kappa shape index (κ2) is 9.69. The van der Waals surface area contributed by atoms with Gasteiger partial charge in [-0.25, -0.2) is 4.79 Å². The smallest absolute Gasteiger partial charge is 0.306 e. The van der Waals surface area contributed by atoms with Crippen LogP contribution in [0.1, 0.15) is 34.7 Å². The maximum absolute atomic E-state index is 12.4. The predicted octanol–water partition coefficient (Wildman–Crippen LogP) is 5.04. The Balaban J connectivity index is 1.14. The van der Waals surface area contributed by atoms with Crippen molar-refractivity contribution < 1.29 is 0 Å². The number of nitrogens with zero attached hydrogens (tertiary/aromatic N) is 3. The van der Waals surface area contributed by atoms with E-state index in [0.717, 1.165) is 62.5 Å². The van der Waals surface area contributed by atoms with Crippen molar-refractivity contribution in [1.82, 2.24) is 19.4 Å². The average Bonchev–Trinajstić information content (AvgIpc) is 3.10. The Bertz CT molecular complexity index is 1400. The zero-order valence-electron chi connectivity index (χ0n) is 20.2. The van der Waals surface area contributed by atoms with Gasteiger partial charge in [-0.2, -0.15) is 0 Å². The van der Waals surface area contributed by atoms with E-state index >= 15 is 0 Å². The molecule has 6 rings (SSSR count). The van der Waals surface area contributed by atoms with Crippen molar-refractivity contribution in [1.29, 1.82) is 0 Å². The Morgan fingerprint density at radius 1 is 0.914 bits per heavy atom. The van der Waals surface area contributed by atoms with Crippen LogP contribution < -0.4 is 5.69 Å². The predicted molar refractivity (Wildman–Crippen MR) is 144 cm³/mol. The first kappa shape index (κ1) is 22.7. The Hall–Kier alpha value is -2.80. The maximum atomic E-state index is 12.4. The lowest BCUT2D eigenvalue weighted by Gasteiger charge is -2.40. The van der Waals surface area contributed by atoms with Crippen molar-refractivity contribution in [3.05, 3.63) is 99.5 Å². The summed E-state index contributed by atoms with van der Waals surface area (Å²) in [6.07, 6.45) is 0.979. The third kappa shape index (κ3) is 4.46. The number of hydrogen-bond acceptors (Lipinski definition) is 4. The van der Waals surface area contributed by atoms with Gasteiger partial charge in [0.2, 0.25) is 0 Å². The minimum absolute atomic E-state index is 0.00474. The van der Waals surface area contributed by atoms with E-state index in [2.05, 4.69) is 64.2 Å². The summed E-state index contributed by atoms with van der Waals surface area (Å²) in [4.78, 5) is 22.0. The van der Waals surface area contributed by atoms with Gasteiger partial charge < -0.3 is 9.88 Å². The molecule has 4 aromatic rings. The molecule has 6 heteroatoms. The topological polar surface area (TPSA) is 44.3 Å². The molecule has 3 heterocycles. The van der Waals surface area contributed by atoms with Crippen LogP contribution in [0, 0.1) is 6.92 Å². The summed E-state index contributed by atoms with van der Waals surface area (Å²) in [6.45, 7) is 8.23. The fourth-order valence-corrected chi connectivity index (χ4v) is 6.76. The van der Waals surface area contributed by atoms with Crippen molar-refractivity contribution in [3.8, 4) is 0 Å². The number of thioether (sulfide) groups is 1. The first-order valence-corrected chi connectivity index (χ1v) is 13.6. The van der Waals surface area contributed by atoms with Gasteiger partial charge in [-0.1, -0.05) is 54.1 Å². The zero-order chi connectivity index (χ0) is 23.8. The zero-order valence-corrected chi connectivity index (χ0v) is 21.1. The summed E-state index contributed by atoms with van der Waals surface area (Å²) < 4.78 is 1.88. The fraction of sp³-hybridized carbons (Fsp3) is 0.345. The molecule has 0 unspecified atom stereocenters. The number of benzene rings is 3. The lowest BCUT2D eigenvalue weighted by Crippen LogP contribution is -2.48. The highest BCUT2D eigenvalue weighted by molar-refractivity contribution is 7.98. The maximum Gasteiger partial charge on any atom is 0.326 e. The second-order valence-corrected chi connectivity index (χ2v) is 10.8. The van der Waals surface area contributed by atoms with E-state index in [9.17, 15) is 4.79 Å². The van der Waals surface area contributed by atoms with Crippen molar-refractivity contribution in [2.75, 3.05) is 32.7 Å². The molecule has 0 amide bonds. The van der Waals surface area contributed by atoms with Crippen LogP contribution in [0.15, 0.2) is 76.4 Å². The first-order valence-electron chi connectivity index (χ1n) is 12.6. The molecule has 0 aliphatic carbocycles. The number of aryl methyl sites for hydroxylation is 2. The van der Waals surface area contributed by atoms with Gasteiger partial charge in [0.1, 0.15) is 0 Å². The molecule has 1 N–H and O–H groups in total. The summed E-state index contributed by atoms with van der Waals surface area (Å²) in [6, 6.07) is 24.2. The van der Waals surface area contributed by atoms with Crippen LogP contribution in [0.5, 0.6) is 0 Å². The highest BCUT2D eigenvalue weighted by Gasteiger charge is 2.31. The van der Waals surface area contributed by atoms with E-state index in [1.54, 1.807) is 0 Å². The van der Waals surface area contributed by atoms with E-state index in [0.29, 0.717) is 6.04 Å². The highest BCUT2D eigenvalue weighted by atomic mass is 32.2. The normalized spacial score (nSPS) is 18.8. The number of nitrogens with one attached hydrogen (secondary N) is 1. The average molecular weight is 485 g/mol. The highest BCUT2D eigenvalue weighted by Crippen LogP contribution is 2.42. The first-order chi connectivity index (χ1) is 17.2. The number of para-hydroxylation sites is 2. The molecule has 0 bridgehead atoms. The van der Waals surface area contributed by atoms with E-state index in [1.165, 1.54) is 27.1 Å². The summed E-state index contributed by atoms with van der Waals surface area (Å²) in [7, 11) is 0. The van der Waals surface area contributed by atoms with Crippen LogP contribution >= 0.6 is 11.8 Å². The molecule has 5 nitrogen and oxygen atoms in total. The third-order valence-electron chi connectivity index (χ3n) is 7.50. The molecule has 3 aromatic carbocycles. The van der Waals surface area contributed by atoms with Crippen molar-refractivity contribution >= 4 is 22.8 Å². The van der Waals surface area contributed by atoms with Crippen molar-refractivity contribution in [2.45, 2.75) is 36.6 Å². The van der Waals surface area contributed by atoms with E-state index < -0.39 is 0 Å². The standard InChI is InChI=1S/C29H32N4OS/c1-21-11-12-27-24(19-21)28(23-8-3-2-7-22(23)20-35-27)32-17-15-31(16-18-32)13-6-14-33-26-10-5-4-9-25(26)30-29(33)34/h2-5,7-12,19,28H,6,13-18,20H2,1H3,(H,30,34)/t28-/m0/s1. The number of piperazine rings is 1. The number of aromatic amines is 1. The number of imidazole rings is 1. The summed E-state index contributed by atoms with van der Waals surface area (Å²) >= 11 is 1.97. The molecule has 0 saturated carbocycles. The molecule has 1 atom stereocenters. The van der Waals surface area contributed by atoms with Gasteiger partial charge in [0, 0.05) is 43.4 Å². The number of fused-ring (bicyclic) bond motifs is 3. The molecule has 1 fully saturated rings.